The molecule has 5 heteroatoms. The zero-order valence-corrected chi connectivity index (χ0v) is 14.7. The zero-order chi connectivity index (χ0) is 15.4. The van der Waals surface area contributed by atoms with Crippen LogP contribution < -0.4 is 5.32 Å². The lowest BCUT2D eigenvalue weighted by molar-refractivity contribution is -0.132. The molecule has 0 radical (unpaired) electrons. The van der Waals surface area contributed by atoms with Crippen molar-refractivity contribution in [2.45, 2.75) is 31.8 Å². The Balaban J connectivity index is 0.00000192. The van der Waals surface area contributed by atoms with Gasteiger partial charge in [0, 0.05) is 26.7 Å². The third-order valence-electron chi connectivity index (χ3n) is 4.89. The molecular weight excluding hydrogens is 310 g/mol. The smallest absolute Gasteiger partial charge is 0.239 e. The summed E-state index contributed by atoms with van der Waals surface area (Å²) in [5.74, 6) is 0.887. The van der Waals surface area contributed by atoms with Crippen molar-refractivity contribution in [1.29, 1.82) is 0 Å². The van der Waals surface area contributed by atoms with Crippen molar-refractivity contribution in [3.8, 4) is 0 Å². The average molecular weight is 338 g/mol. The fourth-order valence-electron chi connectivity index (χ4n) is 3.69. The van der Waals surface area contributed by atoms with Gasteiger partial charge in [0.2, 0.25) is 5.91 Å². The van der Waals surface area contributed by atoms with Crippen molar-refractivity contribution in [2.24, 2.45) is 5.92 Å². The van der Waals surface area contributed by atoms with Gasteiger partial charge in [-0.3, -0.25) is 9.69 Å². The standard InChI is InChI=1S/C18H27N3O.ClH/c1-20(18(22)17-8-5-10-19-17)12-16-9-11-21(14-16)13-15-6-3-2-4-7-15;/h2-4,6-7,16-17,19H,5,8-14H2,1H3;1H. The number of carbonyl (C=O) groups excluding carboxylic acids is 1. The van der Waals surface area contributed by atoms with E-state index in [0.717, 1.165) is 45.6 Å². The molecule has 128 valence electrons. The SMILES string of the molecule is CN(CC1CCN(Cc2ccccc2)C1)C(=O)C1CCCN1.Cl. The third-order valence-corrected chi connectivity index (χ3v) is 4.89. The van der Waals surface area contributed by atoms with Gasteiger partial charge in [0.05, 0.1) is 6.04 Å². The average Bonchev–Trinajstić information content (AvgIpc) is 3.19. The van der Waals surface area contributed by atoms with Crippen LogP contribution in [0.5, 0.6) is 0 Å². The number of halogens is 1. The van der Waals surface area contributed by atoms with Gasteiger partial charge in [-0.2, -0.15) is 0 Å². The normalized spacial score (nSPS) is 24.4. The highest BCUT2D eigenvalue weighted by atomic mass is 35.5. The maximum Gasteiger partial charge on any atom is 0.239 e. The number of nitrogens with zero attached hydrogens (tertiary/aromatic N) is 2. The molecule has 2 aliphatic rings. The van der Waals surface area contributed by atoms with Crippen LogP contribution in [0.15, 0.2) is 30.3 Å². The molecule has 1 aromatic carbocycles. The molecule has 0 spiro atoms. The fraction of sp³-hybridized carbons (Fsp3) is 0.611. The van der Waals surface area contributed by atoms with Gasteiger partial charge in [0.15, 0.2) is 0 Å². The van der Waals surface area contributed by atoms with Crippen LogP contribution in [0.25, 0.3) is 0 Å². The van der Waals surface area contributed by atoms with Crippen molar-refractivity contribution in [3.05, 3.63) is 35.9 Å². The number of benzene rings is 1. The van der Waals surface area contributed by atoms with E-state index in [1.165, 1.54) is 12.0 Å². The molecule has 0 aliphatic carbocycles. The van der Waals surface area contributed by atoms with E-state index in [4.69, 9.17) is 0 Å². The number of rotatable bonds is 5. The van der Waals surface area contributed by atoms with Crippen molar-refractivity contribution < 1.29 is 4.79 Å². The summed E-state index contributed by atoms with van der Waals surface area (Å²) in [6.45, 7) is 5.15. The molecule has 2 saturated heterocycles. The minimum atomic E-state index is 0. The van der Waals surface area contributed by atoms with Crippen LogP contribution in [0.2, 0.25) is 0 Å². The van der Waals surface area contributed by atoms with E-state index in [1.807, 2.05) is 11.9 Å². The number of hydrogen-bond donors (Lipinski definition) is 1. The van der Waals surface area contributed by atoms with Crippen LogP contribution in [0.1, 0.15) is 24.8 Å². The molecule has 0 bridgehead atoms. The molecule has 0 saturated carbocycles. The first-order valence-corrected chi connectivity index (χ1v) is 8.47. The van der Waals surface area contributed by atoms with Gasteiger partial charge < -0.3 is 10.2 Å². The Bertz CT molecular complexity index is 490. The van der Waals surface area contributed by atoms with E-state index >= 15 is 0 Å². The number of likely N-dealkylation sites (N-methyl/N-ethyl adjacent to an activating group) is 1. The summed E-state index contributed by atoms with van der Waals surface area (Å²) in [6.07, 6.45) is 3.31. The lowest BCUT2D eigenvalue weighted by Gasteiger charge is -2.24. The van der Waals surface area contributed by atoms with Gasteiger partial charge in [0.25, 0.3) is 0 Å². The Morgan fingerprint density at radius 3 is 2.78 bits per heavy atom. The van der Waals surface area contributed by atoms with Crippen LogP contribution >= 0.6 is 12.4 Å². The quantitative estimate of drug-likeness (QED) is 0.894. The van der Waals surface area contributed by atoms with E-state index in [1.54, 1.807) is 0 Å². The van der Waals surface area contributed by atoms with E-state index in [-0.39, 0.29) is 24.4 Å². The third kappa shape index (κ3) is 4.93. The molecule has 2 unspecified atom stereocenters. The molecule has 0 aromatic heterocycles. The molecule has 1 aromatic rings. The second-order valence-corrected chi connectivity index (χ2v) is 6.74. The van der Waals surface area contributed by atoms with Gasteiger partial charge in [-0.1, -0.05) is 30.3 Å². The van der Waals surface area contributed by atoms with Crippen LogP contribution in [0.4, 0.5) is 0 Å². The molecule has 1 amide bonds. The maximum absolute atomic E-state index is 12.4. The lowest BCUT2D eigenvalue weighted by atomic mass is 10.1. The van der Waals surface area contributed by atoms with Crippen LogP contribution in [-0.2, 0) is 11.3 Å². The first-order valence-electron chi connectivity index (χ1n) is 8.47. The first kappa shape index (κ1) is 18.2. The monoisotopic (exact) mass is 337 g/mol. The Morgan fingerprint density at radius 2 is 2.09 bits per heavy atom. The zero-order valence-electron chi connectivity index (χ0n) is 13.9. The molecular formula is C18H28ClN3O. The minimum Gasteiger partial charge on any atom is -0.344 e. The molecule has 1 N–H and O–H groups in total. The fourth-order valence-corrected chi connectivity index (χ4v) is 3.69. The lowest BCUT2D eigenvalue weighted by Crippen LogP contribution is -2.43. The van der Waals surface area contributed by atoms with Crippen LogP contribution in [-0.4, -0.2) is 55.0 Å². The molecule has 2 fully saturated rings. The Morgan fingerprint density at radius 1 is 1.30 bits per heavy atom. The highest BCUT2D eigenvalue weighted by Crippen LogP contribution is 2.20. The summed E-state index contributed by atoms with van der Waals surface area (Å²) in [5, 5.41) is 3.30. The van der Waals surface area contributed by atoms with E-state index in [2.05, 4.69) is 40.5 Å². The summed E-state index contributed by atoms with van der Waals surface area (Å²) in [7, 11) is 1.96. The second kappa shape index (κ2) is 8.67. The number of likely N-dealkylation sites (tertiary alicyclic amines) is 1. The van der Waals surface area contributed by atoms with E-state index in [9.17, 15) is 4.79 Å². The predicted octanol–water partition coefficient (Wildman–Crippen LogP) is 2.14. The second-order valence-electron chi connectivity index (χ2n) is 6.74. The molecule has 23 heavy (non-hydrogen) atoms. The molecule has 4 nitrogen and oxygen atoms in total. The van der Waals surface area contributed by atoms with Gasteiger partial charge in [-0.05, 0) is 43.8 Å². The Labute approximate surface area is 145 Å². The van der Waals surface area contributed by atoms with Crippen LogP contribution in [0, 0.1) is 5.92 Å². The number of nitrogens with one attached hydrogen (secondary N) is 1. The van der Waals surface area contributed by atoms with Gasteiger partial charge in [-0.15, -0.1) is 12.4 Å². The Hall–Kier alpha value is -1.10. The highest BCUT2D eigenvalue weighted by Gasteiger charge is 2.29. The molecule has 2 aliphatic heterocycles. The maximum atomic E-state index is 12.4. The first-order chi connectivity index (χ1) is 10.7. The largest absolute Gasteiger partial charge is 0.344 e. The van der Waals surface area contributed by atoms with Gasteiger partial charge >= 0.3 is 0 Å². The Kier molecular flexibility index (Phi) is 6.88. The van der Waals surface area contributed by atoms with Gasteiger partial charge in [0.1, 0.15) is 0 Å². The summed E-state index contributed by atoms with van der Waals surface area (Å²) in [5.41, 5.74) is 1.38. The van der Waals surface area contributed by atoms with E-state index in [0.29, 0.717) is 5.92 Å². The van der Waals surface area contributed by atoms with Crippen LogP contribution in [0.3, 0.4) is 0 Å². The highest BCUT2D eigenvalue weighted by molar-refractivity contribution is 5.85. The predicted molar refractivity (Wildman–Crippen MR) is 95.7 cm³/mol. The summed E-state index contributed by atoms with van der Waals surface area (Å²) in [4.78, 5) is 16.8. The summed E-state index contributed by atoms with van der Waals surface area (Å²) in [6, 6.07) is 10.7. The van der Waals surface area contributed by atoms with Crippen molar-refractivity contribution >= 4 is 18.3 Å². The molecule has 2 heterocycles. The number of hydrogen-bond acceptors (Lipinski definition) is 3. The number of carbonyl (C=O) groups is 1. The number of amides is 1. The van der Waals surface area contributed by atoms with Gasteiger partial charge in [-0.25, -0.2) is 0 Å². The van der Waals surface area contributed by atoms with E-state index < -0.39 is 0 Å². The summed E-state index contributed by atoms with van der Waals surface area (Å²) >= 11 is 0. The topological polar surface area (TPSA) is 35.6 Å². The molecule has 2 atom stereocenters. The minimum absolute atomic E-state index is 0. The molecule has 3 rings (SSSR count). The van der Waals surface area contributed by atoms with Crippen molar-refractivity contribution in [2.75, 3.05) is 33.2 Å². The van der Waals surface area contributed by atoms with Crippen molar-refractivity contribution in [3.63, 3.8) is 0 Å². The summed E-state index contributed by atoms with van der Waals surface area (Å²) < 4.78 is 0. The van der Waals surface area contributed by atoms with Crippen molar-refractivity contribution in [1.82, 2.24) is 15.1 Å².